The maximum absolute atomic E-state index is 13.4. The largest absolute Gasteiger partial charge is 0.480 e. The van der Waals surface area contributed by atoms with Crippen molar-refractivity contribution in [1.82, 2.24) is 25.2 Å². The van der Waals surface area contributed by atoms with Crippen LogP contribution in [0.25, 0.3) is 0 Å². The molecule has 12 heteroatoms. The molecule has 1 unspecified atom stereocenters. The molecule has 41 heavy (non-hydrogen) atoms. The van der Waals surface area contributed by atoms with E-state index in [4.69, 9.17) is 9.72 Å². The van der Waals surface area contributed by atoms with E-state index in [0.717, 1.165) is 50.6 Å². The first-order chi connectivity index (χ1) is 20.0. The summed E-state index contributed by atoms with van der Waals surface area (Å²) < 4.78 is 5.62. The van der Waals surface area contributed by atoms with E-state index in [2.05, 4.69) is 41.9 Å². The summed E-state index contributed by atoms with van der Waals surface area (Å²) in [5, 5.41) is 12.4. The average Bonchev–Trinajstić information content (AvgIpc) is 3.01. The number of aromatic nitrogens is 3. The van der Waals surface area contributed by atoms with Crippen molar-refractivity contribution in [3.05, 3.63) is 72.1 Å². The Bertz CT molecular complexity index is 1300. The summed E-state index contributed by atoms with van der Waals surface area (Å²) >= 11 is 0. The molecule has 3 aromatic rings. The summed E-state index contributed by atoms with van der Waals surface area (Å²) in [5.41, 5.74) is 1.05. The van der Waals surface area contributed by atoms with Crippen LogP contribution < -0.4 is 20.0 Å². The van der Waals surface area contributed by atoms with Crippen molar-refractivity contribution in [1.29, 1.82) is 0 Å². The van der Waals surface area contributed by atoms with E-state index in [1.807, 2.05) is 48.5 Å². The molecule has 2 aromatic heterocycles. The van der Waals surface area contributed by atoms with Crippen LogP contribution in [0.5, 0.6) is 0 Å². The Balaban J connectivity index is 1.30. The van der Waals surface area contributed by atoms with Gasteiger partial charge in [-0.1, -0.05) is 36.4 Å². The molecule has 2 N–H and O–H groups in total. The molecule has 2 aliphatic heterocycles. The molecule has 2 aliphatic rings. The standard InChI is InChI=1S/C29H36N8O4/c1-34-11-13-36(14-12-34)26-19-23(27(38)31-24(28(39)40)21-41-20-22-7-3-2-4-8-22)32-29(33-26)37-17-15-35(16-18-37)25-9-5-6-10-30-25/h2-10,19,24H,11-18,20-21H2,1H3,(H,31,38)(H,39,40). The summed E-state index contributed by atoms with van der Waals surface area (Å²) in [5.74, 6) is 0.290. The molecular formula is C29H36N8O4. The van der Waals surface area contributed by atoms with Crippen molar-refractivity contribution >= 4 is 29.5 Å². The van der Waals surface area contributed by atoms with Gasteiger partial charge in [-0.2, -0.15) is 4.98 Å². The Hall–Kier alpha value is -4.29. The molecule has 4 heterocycles. The van der Waals surface area contributed by atoms with Gasteiger partial charge in [-0.15, -0.1) is 0 Å². The van der Waals surface area contributed by atoms with Crippen molar-refractivity contribution in [2.45, 2.75) is 12.6 Å². The molecule has 2 fully saturated rings. The molecule has 1 amide bonds. The van der Waals surface area contributed by atoms with Gasteiger partial charge in [-0.3, -0.25) is 4.79 Å². The monoisotopic (exact) mass is 560 g/mol. The van der Waals surface area contributed by atoms with Gasteiger partial charge in [0.25, 0.3) is 5.91 Å². The molecular weight excluding hydrogens is 524 g/mol. The first-order valence-corrected chi connectivity index (χ1v) is 13.8. The molecule has 0 spiro atoms. The minimum absolute atomic E-state index is 0.130. The van der Waals surface area contributed by atoms with Crippen LogP contribution in [0.1, 0.15) is 16.1 Å². The second-order valence-electron chi connectivity index (χ2n) is 10.2. The quantitative estimate of drug-likeness (QED) is 0.373. The zero-order valence-electron chi connectivity index (χ0n) is 23.2. The highest BCUT2D eigenvalue weighted by atomic mass is 16.5. The van der Waals surface area contributed by atoms with Gasteiger partial charge < -0.3 is 34.8 Å². The predicted molar refractivity (Wildman–Crippen MR) is 155 cm³/mol. The number of carboxylic acids is 1. The first-order valence-electron chi connectivity index (χ1n) is 13.8. The number of likely N-dealkylation sites (N-methyl/N-ethyl adjacent to an activating group) is 1. The van der Waals surface area contributed by atoms with Crippen LogP contribution in [0, 0.1) is 0 Å². The number of carboxylic acid groups (broad SMARTS) is 1. The highest BCUT2D eigenvalue weighted by Crippen LogP contribution is 2.22. The third kappa shape index (κ3) is 7.47. The topological polar surface area (TPSA) is 127 Å². The Kier molecular flexibility index (Phi) is 9.22. The number of nitrogens with zero attached hydrogens (tertiary/aromatic N) is 7. The number of pyridine rings is 1. The van der Waals surface area contributed by atoms with E-state index in [1.54, 1.807) is 12.3 Å². The van der Waals surface area contributed by atoms with Crippen LogP contribution in [0.4, 0.5) is 17.6 Å². The molecule has 2 saturated heterocycles. The lowest BCUT2D eigenvalue weighted by molar-refractivity contribution is -0.141. The van der Waals surface area contributed by atoms with Crippen LogP contribution in [0.15, 0.2) is 60.8 Å². The molecule has 0 bridgehead atoms. The van der Waals surface area contributed by atoms with Crippen molar-refractivity contribution in [3.63, 3.8) is 0 Å². The zero-order valence-corrected chi connectivity index (χ0v) is 23.2. The number of aliphatic carboxylic acids is 1. The second-order valence-corrected chi connectivity index (χ2v) is 10.2. The zero-order chi connectivity index (χ0) is 28.6. The summed E-state index contributed by atoms with van der Waals surface area (Å²) in [6.45, 7) is 6.17. The van der Waals surface area contributed by atoms with E-state index >= 15 is 0 Å². The Morgan fingerprint density at radius 3 is 2.22 bits per heavy atom. The minimum Gasteiger partial charge on any atom is -0.480 e. The van der Waals surface area contributed by atoms with Crippen LogP contribution in [0.2, 0.25) is 0 Å². The fourth-order valence-electron chi connectivity index (χ4n) is 4.83. The van der Waals surface area contributed by atoms with Crippen LogP contribution in [-0.4, -0.2) is 109 Å². The van der Waals surface area contributed by atoms with Gasteiger partial charge in [-0.05, 0) is 24.7 Å². The van der Waals surface area contributed by atoms with Crippen molar-refractivity contribution in [2.24, 2.45) is 0 Å². The highest BCUT2D eigenvalue weighted by molar-refractivity contribution is 5.96. The molecule has 0 aliphatic carbocycles. The van der Waals surface area contributed by atoms with Gasteiger partial charge >= 0.3 is 5.97 Å². The smallest absolute Gasteiger partial charge is 0.328 e. The molecule has 1 aromatic carbocycles. The fourth-order valence-corrected chi connectivity index (χ4v) is 4.83. The van der Waals surface area contributed by atoms with E-state index in [1.165, 1.54) is 0 Å². The van der Waals surface area contributed by atoms with Gasteiger partial charge in [0, 0.05) is 64.6 Å². The number of anilines is 3. The Morgan fingerprint density at radius 2 is 1.54 bits per heavy atom. The highest BCUT2D eigenvalue weighted by Gasteiger charge is 2.27. The third-order valence-corrected chi connectivity index (χ3v) is 7.30. The number of benzene rings is 1. The number of amides is 1. The Morgan fingerprint density at radius 1 is 0.878 bits per heavy atom. The predicted octanol–water partition coefficient (Wildman–Crippen LogP) is 1.35. The molecule has 5 rings (SSSR count). The SMILES string of the molecule is CN1CCN(c2cc(C(=O)NC(COCc3ccccc3)C(=O)O)nc(N3CCN(c4ccccn4)CC3)n2)CC1. The molecule has 1 atom stereocenters. The second kappa shape index (κ2) is 13.4. The molecule has 0 saturated carbocycles. The summed E-state index contributed by atoms with van der Waals surface area (Å²) in [4.78, 5) is 47.9. The van der Waals surface area contributed by atoms with E-state index in [9.17, 15) is 14.7 Å². The van der Waals surface area contributed by atoms with Crippen molar-refractivity contribution in [3.8, 4) is 0 Å². The van der Waals surface area contributed by atoms with Crippen molar-refractivity contribution < 1.29 is 19.4 Å². The molecule has 0 radical (unpaired) electrons. The maximum Gasteiger partial charge on any atom is 0.328 e. The first kappa shape index (κ1) is 28.2. The minimum atomic E-state index is -1.22. The van der Waals surface area contributed by atoms with Gasteiger partial charge in [-0.25, -0.2) is 14.8 Å². The summed E-state index contributed by atoms with van der Waals surface area (Å²) in [7, 11) is 2.08. The maximum atomic E-state index is 13.4. The lowest BCUT2D eigenvalue weighted by Gasteiger charge is -2.36. The van der Waals surface area contributed by atoms with E-state index in [-0.39, 0.29) is 18.9 Å². The van der Waals surface area contributed by atoms with Crippen molar-refractivity contribution in [2.75, 3.05) is 80.7 Å². The van der Waals surface area contributed by atoms with E-state index < -0.39 is 17.9 Å². The van der Waals surface area contributed by atoms with Crippen LogP contribution >= 0.6 is 0 Å². The molecule has 216 valence electrons. The number of carbonyl (C=O) groups is 2. The fraction of sp³-hybridized carbons (Fsp3) is 0.414. The van der Waals surface area contributed by atoms with Gasteiger partial charge in [0.1, 0.15) is 17.3 Å². The third-order valence-electron chi connectivity index (χ3n) is 7.30. The number of rotatable bonds is 10. The lowest BCUT2D eigenvalue weighted by atomic mass is 10.2. The number of hydrogen-bond donors (Lipinski definition) is 2. The Labute approximate surface area is 239 Å². The van der Waals surface area contributed by atoms with Gasteiger partial charge in [0.2, 0.25) is 5.95 Å². The van der Waals surface area contributed by atoms with Gasteiger partial charge in [0.05, 0.1) is 13.2 Å². The average molecular weight is 561 g/mol. The molecule has 12 nitrogen and oxygen atoms in total. The number of carbonyl (C=O) groups excluding carboxylic acids is 1. The number of nitrogens with one attached hydrogen (secondary N) is 1. The summed E-state index contributed by atoms with van der Waals surface area (Å²) in [6.07, 6.45) is 1.78. The van der Waals surface area contributed by atoms with Gasteiger partial charge in [0.15, 0.2) is 6.04 Å². The lowest BCUT2D eigenvalue weighted by Crippen LogP contribution is -2.48. The van der Waals surface area contributed by atoms with Crippen LogP contribution in [0.3, 0.4) is 0 Å². The number of piperazine rings is 2. The summed E-state index contributed by atoms with van der Waals surface area (Å²) in [6, 6.07) is 15.8. The van der Waals surface area contributed by atoms with Crippen LogP contribution in [-0.2, 0) is 16.1 Å². The normalized spacial score (nSPS) is 16.9. The number of ether oxygens (including phenoxy) is 1. The number of hydrogen-bond acceptors (Lipinski definition) is 10. The van der Waals surface area contributed by atoms with E-state index in [0.29, 0.717) is 24.9 Å².